The normalized spacial score (nSPS) is 11.4. The van der Waals surface area contributed by atoms with Gasteiger partial charge in [-0.3, -0.25) is 0 Å². The van der Waals surface area contributed by atoms with Gasteiger partial charge in [0.25, 0.3) is 0 Å². The van der Waals surface area contributed by atoms with E-state index in [0.717, 1.165) is 12.3 Å². The van der Waals surface area contributed by atoms with Crippen LogP contribution >= 0.6 is 0 Å². The van der Waals surface area contributed by atoms with Gasteiger partial charge in [0.2, 0.25) is 5.95 Å². The summed E-state index contributed by atoms with van der Waals surface area (Å²) in [5.41, 5.74) is -0.720. The van der Waals surface area contributed by atoms with Gasteiger partial charge >= 0.3 is 6.18 Å². The first-order valence-electron chi connectivity index (χ1n) is 5.34. The summed E-state index contributed by atoms with van der Waals surface area (Å²) < 4.78 is 50.6. The van der Waals surface area contributed by atoms with E-state index >= 15 is 0 Å². The summed E-state index contributed by atoms with van der Waals surface area (Å²) in [4.78, 5) is 6.97. The molecule has 0 unspecified atom stereocenters. The van der Waals surface area contributed by atoms with Gasteiger partial charge in [-0.2, -0.15) is 13.2 Å². The molecule has 2 rings (SSSR count). The zero-order valence-electron chi connectivity index (χ0n) is 9.58. The summed E-state index contributed by atoms with van der Waals surface area (Å²) in [6.07, 6.45) is -3.53. The third kappa shape index (κ3) is 3.40. The van der Waals surface area contributed by atoms with Crippen LogP contribution in [0.4, 0.5) is 23.5 Å². The molecule has 0 aliphatic rings. The Bertz CT molecular complexity index is 569. The molecule has 0 amide bonds. The van der Waals surface area contributed by atoms with E-state index in [2.05, 4.69) is 15.3 Å². The molecule has 1 heterocycles. The molecule has 0 aliphatic heterocycles. The number of nitrogens with one attached hydrogen (secondary N) is 1. The van der Waals surface area contributed by atoms with Crippen LogP contribution in [0.1, 0.15) is 11.3 Å². The first-order chi connectivity index (χ1) is 8.97. The molecule has 1 N–H and O–H groups in total. The van der Waals surface area contributed by atoms with Crippen molar-refractivity contribution in [3.63, 3.8) is 0 Å². The number of hydrogen-bond donors (Lipinski definition) is 1. The van der Waals surface area contributed by atoms with Gasteiger partial charge in [0.15, 0.2) is 0 Å². The molecular weight excluding hydrogens is 262 g/mol. The van der Waals surface area contributed by atoms with E-state index in [-0.39, 0.29) is 12.5 Å². The van der Waals surface area contributed by atoms with Gasteiger partial charge < -0.3 is 5.32 Å². The quantitative estimate of drug-likeness (QED) is 0.871. The number of aromatic nitrogens is 2. The van der Waals surface area contributed by atoms with Crippen molar-refractivity contribution in [2.75, 3.05) is 5.32 Å². The SMILES string of the molecule is Fc1ccccc1CNc1nccc(C(F)(F)F)n1. The van der Waals surface area contributed by atoms with Gasteiger partial charge in [-0.25, -0.2) is 14.4 Å². The van der Waals surface area contributed by atoms with Gasteiger partial charge in [-0.05, 0) is 12.1 Å². The second-order valence-corrected chi connectivity index (χ2v) is 3.71. The van der Waals surface area contributed by atoms with Crippen LogP contribution in [0.25, 0.3) is 0 Å². The van der Waals surface area contributed by atoms with Crippen molar-refractivity contribution >= 4 is 5.95 Å². The standard InChI is InChI=1S/C12H9F4N3/c13-9-4-2-1-3-8(9)7-18-11-17-6-5-10(19-11)12(14,15)16/h1-6H,7H2,(H,17,18,19). The summed E-state index contributed by atoms with van der Waals surface area (Å²) in [5.74, 6) is -0.639. The smallest absolute Gasteiger partial charge is 0.350 e. The molecule has 0 saturated heterocycles. The van der Waals surface area contributed by atoms with Gasteiger partial charge in [0.1, 0.15) is 11.5 Å². The predicted molar refractivity (Wildman–Crippen MR) is 60.8 cm³/mol. The summed E-state index contributed by atoms with van der Waals surface area (Å²) in [6, 6.07) is 6.72. The van der Waals surface area contributed by atoms with Crippen molar-refractivity contribution < 1.29 is 17.6 Å². The highest BCUT2D eigenvalue weighted by atomic mass is 19.4. The van der Waals surface area contributed by atoms with Crippen LogP contribution in [0.3, 0.4) is 0 Å². The number of alkyl halides is 3. The van der Waals surface area contributed by atoms with Crippen LogP contribution in [0.5, 0.6) is 0 Å². The zero-order chi connectivity index (χ0) is 13.9. The highest BCUT2D eigenvalue weighted by molar-refractivity contribution is 5.29. The fourth-order valence-electron chi connectivity index (χ4n) is 1.42. The number of nitrogens with zero attached hydrogens (tertiary/aromatic N) is 2. The molecular formula is C12H9F4N3. The topological polar surface area (TPSA) is 37.8 Å². The monoisotopic (exact) mass is 271 g/mol. The number of halogens is 4. The Morgan fingerprint density at radius 2 is 1.84 bits per heavy atom. The lowest BCUT2D eigenvalue weighted by atomic mass is 10.2. The van der Waals surface area contributed by atoms with Gasteiger partial charge in [-0.1, -0.05) is 18.2 Å². The fourth-order valence-corrected chi connectivity index (χ4v) is 1.42. The van der Waals surface area contributed by atoms with Crippen molar-refractivity contribution in [3.8, 4) is 0 Å². The Morgan fingerprint density at radius 3 is 2.53 bits per heavy atom. The summed E-state index contributed by atoms with van der Waals surface area (Å²) in [5, 5.41) is 2.55. The summed E-state index contributed by atoms with van der Waals surface area (Å²) in [7, 11) is 0. The molecule has 0 saturated carbocycles. The lowest BCUT2D eigenvalue weighted by Gasteiger charge is -2.09. The third-order valence-corrected chi connectivity index (χ3v) is 2.34. The number of benzene rings is 1. The van der Waals surface area contributed by atoms with Crippen LogP contribution in [-0.4, -0.2) is 9.97 Å². The molecule has 3 nitrogen and oxygen atoms in total. The number of anilines is 1. The average Bonchev–Trinajstić information content (AvgIpc) is 2.37. The molecule has 0 atom stereocenters. The first kappa shape index (κ1) is 13.3. The van der Waals surface area contributed by atoms with E-state index in [1.54, 1.807) is 6.07 Å². The summed E-state index contributed by atoms with van der Waals surface area (Å²) in [6.45, 7) is 0.00792. The molecule has 1 aromatic carbocycles. The molecule has 0 spiro atoms. The lowest BCUT2D eigenvalue weighted by Crippen LogP contribution is -2.11. The zero-order valence-corrected chi connectivity index (χ0v) is 9.58. The van der Waals surface area contributed by atoms with Crippen LogP contribution in [0.2, 0.25) is 0 Å². The van der Waals surface area contributed by atoms with E-state index in [1.807, 2.05) is 0 Å². The molecule has 0 aliphatic carbocycles. The molecule has 0 radical (unpaired) electrons. The molecule has 2 aromatic rings. The van der Waals surface area contributed by atoms with E-state index in [0.29, 0.717) is 5.56 Å². The lowest BCUT2D eigenvalue weighted by molar-refractivity contribution is -0.141. The van der Waals surface area contributed by atoms with Crippen molar-refractivity contribution in [2.24, 2.45) is 0 Å². The molecule has 1 aromatic heterocycles. The van der Waals surface area contributed by atoms with Crippen molar-refractivity contribution in [1.82, 2.24) is 9.97 Å². The molecule has 7 heteroatoms. The minimum absolute atomic E-state index is 0.00792. The van der Waals surface area contributed by atoms with Crippen molar-refractivity contribution in [1.29, 1.82) is 0 Å². The van der Waals surface area contributed by atoms with Crippen LogP contribution in [0, 0.1) is 5.82 Å². The molecule has 100 valence electrons. The predicted octanol–water partition coefficient (Wildman–Crippen LogP) is 3.25. The maximum absolute atomic E-state index is 13.3. The Hall–Kier alpha value is -2.18. The minimum Gasteiger partial charge on any atom is -0.350 e. The van der Waals surface area contributed by atoms with Crippen LogP contribution in [0.15, 0.2) is 36.5 Å². The Morgan fingerprint density at radius 1 is 1.11 bits per heavy atom. The van der Waals surface area contributed by atoms with E-state index in [1.165, 1.54) is 18.2 Å². The fraction of sp³-hybridized carbons (Fsp3) is 0.167. The Balaban J connectivity index is 2.10. The Labute approximate surface area is 106 Å². The van der Waals surface area contributed by atoms with Gasteiger partial charge in [0, 0.05) is 18.3 Å². The third-order valence-electron chi connectivity index (χ3n) is 2.34. The van der Waals surface area contributed by atoms with Crippen molar-refractivity contribution in [2.45, 2.75) is 12.7 Å². The van der Waals surface area contributed by atoms with Gasteiger partial charge in [0.05, 0.1) is 0 Å². The minimum atomic E-state index is -4.53. The number of hydrogen-bond acceptors (Lipinski definition) is 3. The largest absolute Gasteiger partial charge is 0.433 e. The summed E-state index contributed by atoms with van der Waals surface area (Å²) >= 11 is 0. The van der Waals surface area contributed by atoms with Crippen molar-refractivity contribution in [3.05, 3.63) is 53.6 Å². The second-order valence-electron chi connectivity index (χ2n) is 3.71. The van der Waals surface area contributed by atoms with E-state index in [4.69, 9.17) is 0 Å². The average molecular weight is 271 g/mol. The highest BCUT2D eigenvalue weighted by Crippen LogP contribution is 2.27. The van der Waals surface area contributed by atoms with Crippen LogP contribution < -0.4 is 5.32 Å². The Kier molecular flexibility index (Phi) is 3.64. The van der Waals surface area contributed by atoms with Gasteiger partial charge in [-0.15, -0.1) is 0 Å². The first-order valence-corrected chi connectivity index (χ1v) is 5.34. The van der Waals surface area contributed by atoms with E-state index < -0.39 is 17.7 Å². The van der Waals surface area contributed by atoms with E-state index in [9.17, 15) is 17.6 Å². The maximum atomic E-state index is 13.3. The molecule has 19 heavy (non-hydrogen) atoms. The highest BCUT2D eigenvalue weighted by Gasteiger charge is 2.32. The second kappa shape index (κ2) is 5.21. The van der Waals surface area contributed by atoms with Crippen LogP contribution in [-0.2, 0) is 12.7 Å². The molecule has 0 bridgehead atoms. The number of rotatable bonds is 3. The maximum Gasteiger partial charge on any atom is 0.433 e. The molecule has 0 fully saturated rings.